The molecular weight excluding hydrogens is 174 g/mol. The van der Waals surface area contributed by atoms with Crippen LogP contribution in [-0.4, -0.2) is 6.29 Å². The molecule has 0 aliphatic heterocycles. The zero-order chi connectivity index (χ0) is 10.4. The molecule has 1 aromatic rings. The largest absolute Gasteiger partial charge is 0.303 e. The zero-order valence-corrected chi connectivity index (χ0v) is 8.23. The topological polar surface area (TPSA) is 40.9 Å². The third-order valence-electron chi connectivity index (χ3n) is 2.24. The number of hydrogen-bond acceptors (Lipinski definition) is 2. The average molecular weight is 187 g/mol. The van der Waals surface area contributed by atoms with Gasteiger partial charge in [0.05, 0.1) is 6.07 Å². The highest BCUT2D eigenvalue weighted by molar-refractivity contribution is 5.62. The lowest BCUT2D eigenvalue weighted by Gasteiger charge is -2.08. The van der Waals surface area contributed by atoms with E-state index >= 15 is 0 Å². The van der Waals surface area contributed by atoms with Gasteiger partial charge in [-0.15, -0.1) is 0 Å². The Morgan fingerprint density at radius 3 is 2.57 bits per heavy atom. The molecule has 1 aromatic carbocycles. The Kier molecular flexibility index (Phi) is 3.87. The Morgan fingerprint density at radius 1 is 1.43 bits per heavy atom. The van der Waals surface area contributed by atoms with Crippen LogP contribution in [0.2, 0.25) is 0 Å². The molecule has 0 saturated carbocycles. The summed E-state index contributed by atoms with van der Waals surface area (Å²) in [4.78, 5) is 10.8. The van der Waals surface area contributed by atoms with Gasteiger partial charge in [-0.3, -0.25) is 0 Å². The molecule has 14 heavy (non-hydrogen) atoms. The molecule has 0 amide bonds. The van der Waals surface area contributed by atoms with E-state index in [4.69, 9.17) is 5.26 Å². The van der Waals surface area contributed by atoms with E-state index in [1.165, 1.54) is 5.56 Å². The van der Waals surface area contributed by atoms with Gasteiger partial charge in [-0.25, -0.2) is 0 Å². The minimum absolute atomic E-state index is 0.129. The number of nitrogens with zero attached hydrogens (tertiary/aromatic N) is 1. The second-order valence-electron chi connectivity index (χ2n) is 3.35. The first-order chi connectivity index (χ1) is 6.77. The van der Waals surface area contributed by atoms with Crippen molar-refractivity contribution in [2.24, 2.45) is 0 Å². The van der Waals surface area contributed by atoms with Crippen molar-refractivity contribution in [2.45, 2.75) is 25.7 Å². The molecule has 0 heterocycles. The third kappa shape index (κ3) is 2.70. The highest BCUT2D eigenvalue weighted by Crippen LogP contribution is 2.19. The minimum atomic E-state index is -0.129. The van der Waals surface area contributed by atoms with Crippen LogP contribution >= 0.6 is 0 Å². The second kappa shape index (κ2) is 5.18. The number of aldehydes is 1. The summed E-state index contributed by atoms with van der Waals surface area (Å²) in [5.74, 6) is -0.129. The van der Waals surface area contributed by atoms with E-state index < -0.39 is 0 Å². The van der Waals surface area contributed by atoms with Crippen LogP contribution in [0.15, 0.2) is 24.3 Å². The average Bonchev–Trinajstić information content (AvgIpc) is 2.21. The van der Waals surface area contributed by atoms with E-state index in [2.05, 4.69) is 6.07 Å². The monoisotopic (exact) mass is 187 g/mol. The van der Waals surface area contributed by atoms with Crippen LogP contribution in [0.25, 0.3) is 0 Å². The van der Waals surface area contributed by atoms with Gasteiger partial charge in [0.15, 0.2) is 0 Å². The van der Waals surface area contributed by atoms with E-state index in [9.17, 15) is 4.79 Å². The van der Waals surface area contributed by atoms with Crippen molar-refractivity contribution in [1.29, 1.82) is 5.26 Å². The first-order valence-electron chi connectivity index (χ1n) is 4.66. The smallest absolute Gasteiger partial charge is 0.127 e. The fraction of sp³-hybridized carbons (Fsp3) is 0.333. The van der Waals surface area contributed by atoms with Crippen molar-refractivity contribution in [3.05, 3.63) is 35.4 Å². The Hall–Kier alpha value is -1.62. The second-order valence-corrected chi connectivity index (χ2v) is 3.35. The lowest BCUT2D eigenvalue weighted by atomic mass is 9.95. The first-order valence-corrected chi connectivity index (χ1v) is 4.66. The highest BCUT2D eigenvalue weighted by Gasteiger charge is 2.08. The van der Waals surface area contributed by atoms with Crippen LogP contribution in [0.5, 0.6) is 0 Å². The molecule has 0 N–H and O–H groups in total. The van der Waals surface area contributed by atoms with E-state index in [0.29, 0.717) is 12.8 Å². The lowest BCUT2D eigenvalue weighted by molar-refractivity contribution is -0.109. The number of carbonyl (C=O) groups is 1. The molecule has 0 fully saturated rings. The summed E-state index contributed by atoms with van der Waals surface area (Å²) in [5, 5.41) is 8.44. The predicted octanol–water partition coefficient (Wildman–Crippen LogP) is 2.58. The van der Waals surface area contributed by atoms with Crippen LogP contribution in [-0.2, 0) is 4.79 Å². The quantitative estimate of drug-likeness (QED) is 0.680. The number of rotatable bonds is 4. The maximum Gasteiger partial charge on any atom is 0.127 e. The predicted molar refractivity (Wildman–Crippen MR) is 54.8 cm³/mol. The van der Waals surface area contributed by atoms with Crippen LogP contribution in [0, 0.1) is 18.3 Å². The summed E-state index contributed by atoms with van der Waals surface area (Å²) in [5.41, 5.74) is 2.18. The van der Waals surface area contributed by atoms with Crippen LogP contribution in [0.4, 0.5) is 0 Å². The van der Waals surface area contributed by atoms with Crippen LogP contribution < -0.4 is 0 Å². The van der Waals surface area contributed by atoms with Gasteiger partial charge in [-0.1, -0.05) is 29.8 Å². The molecule has 1 rings (SSSR count). The van der Waals surface area contributed by atoms with Crippen molar-refractivity contribution in [3.8, 4) is 6.07 Å². The molecule has 0 bridgehead atoms. The Labute approximate surface area is 84.2 Å². The summed E-state index contributed by atoms with van der Waals surface area (Å²) in [6.07, 6.45) is 1.96. The molecule has 0 aliphatic rings. The SMILES string of the molecule is Cc1ccc(C(C=O)CCC#N)cc1. The van der Waals surface area contributed by atoms with E-state index in [1.54, 1.807) is 0 Å². The number of benzene rings is 1. The maximum atomic E-state index is 10.8. The summed E-state index contributed by atoms with van der Waals surface area (Å²) >= 11 is 0. The molecule has 2 nitrogen and oxygen atoms in total. The van der Waals surface area contributed by atoms with Crippen LogP contribution in [0.3, 0.4) is 0 Å². The molecule has 2 heteroatoms. The molecule has 0 saturated heterocycles. The zero-order valence-electron chi connectivity index (χ0n) is 8.23. The Morgan fingerprint density at radius 2 is 2.07 bits per heavy atom. The molecule has 1 atom stereocenters. The van der Waals surface area contributed by atoms with Crippen molar-refractivity contribution in [3.63, 3.8) is 0 Å². The van der Waals surface area contributed by atoms with Gasteiger partial charge >= 0.3 is 0 Å². The first kappa shape index (κ1) is 10.5. The molecular formula is C12H13NO. The Bertz CT molecular complexity index is 334. The lowest BCUT2D eigenvalue weighted by Crippen LogP contribution is -1.99. The summed E-state index contributed by atoms with van der Waals surface area (Å²) in [6.45, 7) is 2.01. The van der Waals surface area contributed by atoms with Crippen molar-refractivity contribution in [1.82, 2.24) is 0 Å². The summed E-state index contributed by atoms with van der Waals surface area (Å²) < 4.78 is 0. The molecule has 0 radical (unpaired) electrons. The van der Waals surface area contributed by atoms with Gasteiger partial charge in [0, 0.05) is 12.3 Å². The van der Waals surface area contributed by atoms with E-state index in [0.717, 1.165) is 11.8 Å². The van der Waals surface area contributed by atoms with Gasteiger partial charge in [0.25, 0.3) is 0 Å². The fourth-order valence-corrected chi connectivity index (χ4v) is 1.35. The third-order valence-corrected chi connectivity index (χ3v) is 2.24. The van der Waals surface area contributed by atoms with Crippen molar-refractivity contribution < 1.29 is 4.79 Å². The normalized spacial score (nSPS) is 11.7. The van der Waals surface area contributed by atoms with Gasteiger partial charge in [0.2, 0.25) is 0 Å². The van der Waals surface area contributed by atoms with Gasteiger partial charge in [-0.05, 0) is 18.9 Å². The van der Waals surface area contributed by atoms with Crippen molar-refractivity contribution in [2.75, 3.05) is 0 Å². The molecule has 0 aliphatic carbocycles. The Balaban J connectivity index is 2.74. The number of aryl methyl sites for hydroxylation is 1. The van der Waals surface area contributed by atoms with E-state index in [1.807, 2.05) is 31.2 Å². The molecule has 0 aromatic heterocycles. The standard InChI is InChI=1S/C12H13NO/c1-10-4-6-11(7-5-10)12(9-14)3-2-8-13/h4-7,9,12H,2-3H2,1H3. The summed E-state index contributed by atoms with van der Waals surface area (Å²) in [6, 6.07) is 9.92. The number of nitriles is 1. The highest BCUT2D eigenvalue weighted by atomic mass is 16.1. The van der Waals surface area contributed by atoms with E-state index in [-0.39, 0.29) is 5.92 Å². The van der Waals surface area contributed by atoms with Gasteiger partial charge in [-0.2, -0.15) is 5.26 Å². The van der Waals surface area contributed by atoms with Crippen LogP contribution in [0.1, 0.15) is 29.9 Å². The fourth-order valence-electron chi connectivity index (χ4n) is 1.35. The van der Waals surface area contributed by atoms with Gasteiger partial charge in [0.1, 0.15) is 6.29 Å². The minimum Gasteiger partial charge on any atom is -0.303 e. The summed E-state index contributed by atoms with van der Waals surface area (Å²) in [7, 11) is 0. The van der Waals surface area contributed by atoms with Gasteiger partial charge < -0.3 is 4.79 Å². The molecule has 1 unspecified atom stereocenters. The van der Waals surface area contributed by atoms with Crippen molar-refractivity contribution >= 4 is 6.29 Å². The molecule has 72 valence electrons. The number of hydrogen-bond donors (Lipinski definition) is 0. The maximum absolute atomic E-state index is 10.8. The molecule has 0 spiro atoms. The number of carbonyl (C=O) groups excluding carboxylic acids is 1.